The van der Waals surface area contributed by atoms with Crippen LogP contribution in [0.15, 0.2) is 0 Å². The van der Waals surface area contributed by atoms with Crippen molar-refractivity contribution >= 4 is 18.3 Å². The van der Waals surface area contributed by atoms with E-state index < -0.39 is 24.5 Å². The molecule has 0 radical (unpaired) electrons. The molecular weight excluding hydrogens is 209 g/mol. The Hall–Kier alpha value is -0.490. The highest BCUT2D eigenvalue weighted by Crippen LogP contribution is 2.21. The molecule has 0 aromatic carbocycles. The van der Waals surface area contributed by atoms with Crippen molar-refractivity contribution in [2.24, 2.45) is 5.73 Å². The van der Waals surface area contributed by atoms with Crippen molar-refractivity contribution in [3.05, 3.63) is 0 Å². The number of carbonyl (C=O) groups is 1. The van der Waals surface area contributed by atoms with Crippen molar-refractivity contribution in [3.8, 4) is 0 Å². The minimum Gasteiger partial charge on any atom is -0.347 e. The number of halogens is 4. The second kappa shape index (κ2) is 5.29. The van der Waals surface area contributed by atoms with Crippen LogP contribution in [0.25, 0.3) is 0 Å². The Morgan fingerprint density at radius 2 is 1.85 bits per heavy atom. The third-order valence-electron chi connectivity index (χ3n) is 1.21. The van der Waals surface area contributed by atoms with Gasteiger partial charge >= 0.3 is 6.18 Å². The van der Waals surface area contributed by atoms with Crippen molar-refractivity contribution in [2.45, 2.75) is 18.6 Å². The first kappa shape index (κ1) is 15.0. The van der Waals surface area contributed by atoms with E-state index in [1.54, 1.807) is 0 Å². The van der Waals surface area contributed by atoms with Crippen molar-refractivity contribution in [3.63, 3.8) is 0 Å². The minimum absolute atomic E-state index is 0. The van der Waals surface area contributed by atoms with E-state index in [1.807, 2.05) is 0 Å². The molecule has 0 spiro atoms. The quantitative estimate of drug-likeness (QED) is 0.748. The molecule has 1 amide bonds. The van der Waals surface area contributed by atoms with E-state index in [1.165, 1.54) is 14.1 Å². The third kappa shape index (κ3) is 6.65. The van der Waals surface area contributed by atoms with Gasteiger partial charge in [-0.25, -0.2) is 0 Å². The fourth-order valence-corrected chi connectivity index (χ4v) is 0.668. The lowest BCUT2D eigenvalue weighted by atomic mass is 10.2. The van der Waals surface area contributed by atoms with Crippen molar-refractivity contribution in [1.82, 2.24) is 4.90 Å². The summed E-state index contributed by atoms with van der Waals surface area (Å²) in [7, 11) is 2.72. The molecule has 0 aromatic heterocycles. The molecule has 7 heteroatoms. The molecule has 13 heavy (non-hydrogen) atoms. The predicted molar refractivity (Wildman–Crippen MR) is 44.6 cm³/mol. The number of nitrogens with zero attached hydrogens (tertiary/aromatic N) is 1. The number of amides is 1. The third-order valence-corrected chi connectivity index (χ3v) is 1.21. The highest BCUT2D eigenvalue weighted by molar-refractivity contribution is 5.85. The molecule has 80 valence electrons. The Morgan fingerprint density at radius 3 is 2.08 bits per heavy atom. The lowest BCUT2D eigenvalue weighted by Crippen LogP contribution is -2.42. The number of nitrogens with two attached hydrogens (primary N) is 1. The van der Waals surface area contributed by atoms with Crippen molar-refractivity contribution < 1.29 is 18.0 Å². The Kier molecular flexibility index (Phi) is 6.10. The lowest BCUT2D eigenvalue weighted by Gasteiger charge is -2.17. The molecule has 1 unspecified atom stereocenters. The topological polar surface area (TPSA) is 46.3 Å². The van der Waals surface area contributed by atoms with Gasteiger partial charge in [0.25, 0.3) is 0 Å². The predicted octanol–water partition coefficient (Wildman–Crippen LogP) is 0.776. The second-order valence-corrected chi connectivity index (χ2v) is 2.66. The highest BCUT2D eigenvalue weighted by Gasteiger charge is 2.33. The molecule has 0 aromatic rings. The van der Waals surface area contributed by atoms with E-state index in [4.69, 9.17) is 5.73 Å². The largest absolute Gasteiger partial charge is 0.391 e. The number of alkyl halides is 3. The first-order valence-corrected chi connectivity index (χ1v) is 3.27. The van der Waals surface area contributed by atoms with Gasteiger partial charge < -0.3 is 10.6 Å². The molecule has 0 aliphatic heterocycles. The van der Waals surface area contributed by atoms with E-state index in [-0.39, 0.29) is 12.4 Å². The summed E-state index contributed by atoms with van der Waals surface area (Å²) in [6.07, 6.45) is -5.66. The molecule has 0 aliphatic carbocycles. The summed E-state index contributed by atoms with van der Waals surface area (Å²) in [4.78, 5) is 11.9. The zero-order valence-electron chi connectivity index (χ0n) is 7.26. The minimum atomic E-state index is -4.38. The normalized spacial score (nSPS) is 13.1. The van der Waals surface area contributed by atoms with Crippen LogP contribution in [0, 0.1) is 0 Å². The smallest absolute Gasteiger partial charge is 0.347 e. The molecule has 0 bridgehead atoms. The van der Waals surface area contributed by atoms with E-state index in [2.05, 4.69) is 0 Å². The lowest BCUT2D eigenvalue weighted by molar-refractivity contribution is -0.151. The Morgan fingerprint density at radius 1 is 1.46 bits per heavy atom. The molecular formula is C6H12ClF3N2O. The fraction of sp³-hybridized carbons (Fsp3) is 0.833. The molecule has 1 atom stereocenters. The van der Waals surface area contributed by atoms with Crippen molar-refractivity contribution in [1.29, 1.82) is 0 Å². The first-order valence-electron chi connectivity index (χ1n) is 3.27. The Labute approximate surface area is 80.5 Å². The van der Waals surface area contributed by atoms with Gasteiger partial charge in [0, 0.05) is 14.1 Å². The van der Waals surface area contributed by atoms with Crippen LogP contribution in [0.1, 0.15) is 6.42 Å². The van der Waals surface area contributed by atoms with Gasteiger partial charge in [-0.15, -0.1) is 12.4 Å². The summed E-state index contributed by atoms with van der Waals surface area (Å²) >= 11 is 0. The summed E-state index contributed by atoms with van der Waals surface area (Å²) in [6.45, 7) is 0. The molecule has 0 rings (SSSR count). The molecule has 0 saturated heterocycles. The van der Waals surface area contributed by atoms with E-state index in [0.29, 0.717) is 0 Å². The maximum absolute atomic E-state index is 11.7. The van der Waals surface area contributed by atoms with Gasteiger partial charge in [-0.1, -0.05) is 0 Å². The average Bonchev–Trinajstić information content (AvgIpc) is 1.82. The summed E-state index contributed by atoms with van der Waals surface area (Å²) < 4.78 is 35.0. The van der Waals surface area contributed by atoms with Crippen LogP contribution in [0.4, 0.5) is 13.2 Å². The van der Waals surface area contributed by atoms with Gasteiger partial charge in [0.05, 0.1) is 12.5 Å². The standard InChI is InChI=1S/C6H11F3N2O.ClH/c1-11(2)5(12)4(10)3-6(7,8)9;/h4H,3,10H2,1-2H3;1H. The molecule has 0 fully saturated rings. The average molecular weight is 221 g/mol. The number of carbonyl (C=O) groups excluding carboxylic acids is 1. The van der Waals surface area contributed by atoms with Crippen LogP contribution in [0.2, 0.25) is 0 Å². The summed E-state index contributed by atoms with van der Waals surface area (Å²) in [5, 5.41) is 0. The fourth-order valence-electron chi connectivity index (χ4n) is 0.668. The van der Waals surface area contributed by atoms with Crippen LogP contribution >= 0.6 is 12.4 Å². The molecule has 3 nitrogen and oxygen atoms in total. The number of rotatable bonds is 2. The molecule has 0 aliphatic rings. The van der Waals surface area contributed by atoms with Crippen LogP contribution in [-0.4, -0.2) is 37.1 Å². The zero-order chi connectivity index (χ0) is 9.94. The highest BCUT2D eigenvalue weighted by atomic mass is 35.5. The Balaban J connectivity index is 0. The number of likely N-dealkylation sites (N-methyl/N-ethyl adjacent to an activating group) is 1. The monoisotopic (exact) mass is 220 g/mol. The maximum Gasteiger partial charge on any atom is 0.391 e. The molecule has 2 N–H and O–H groups in total. The van der Waals surface area contributed by atoms with Crippen molar-refractivity contribution in [2.75, 3.05) is 14.1 Å². The van der Waals surface area contributed by atoms with Gasteiger partial charge in [0.15, 0.2) is 0 Å². The van der Waals surface area contributed by atoms with Crippen LogP contribution in [0.5, 0.6) is 0 Å². The van der Waals surface area contributed by atoms with Gasteiger partial charge in [0.2, 0.25) is 5.91 Å². The molecule has 0 heterocycles. The SMILES string of the molecule is CN(C)C(=O)C(N)CC(F)(F)F.Cl. The van der Waals surface area contributed by atoms with E-state index >= 15 is 0 Å². The van der Waals surface area contributed by atoms with Gasteiger partial charge in [-0.3, -0.25) is 4.79 Å². The van der Waals surface area contributed by atoms with Gasteiger partial charge in [0.1, 0.15) is 0 Å². The Bertz CT molecular complexity index is 172. The van der Waals surface area contributed by atoms with E-state index in [0.717, 1.165) is 4.90 Å². The van der Waals surface area contributed by atoms with Gasteiger partial charge in [-0.2, -0.15) is 13.2 Å². The van der Waals surface area contributed by atoms with Gasteiger partial charge in [-0.05, 0) is 0 Å². The van der Waals surface area contributed by atoms with E-state index in [9.17, 15) is 18.0 Å². The second-order valence-electron chi connectivity index (χ2n) is 2.66. The summed E-state index contributed by atoms with van der Waals surface area (Å²) in [6, 6.07) is -1.49. The number of hydrogen-bond acceptors (Lipinski definition) is 2. The summed E-state index contributed by atoms with van der Waals surface area (Å²) in [5.41, 5.74) is 4.99. The van der Waals surface area contributed by atoms with Crippen LogP contribution in [0.3, 0.4) is 0 Å². The maximum atomic E-state index is 11.7. The number of hydrogen-bond donors (Lipinski definition) is 1. The zero-order valence-corrected chi connectivity index (χ0v) is 8.08. The first-order chi connectivity index (χ1) is 5.24. The van der Waals surface area contributed by atoms with Crippen LogP contribution in [-0.2, 0) is 4.79 Å². The summed E-state index contributed by atoms with van der Waals surface area (Å²) in [5.74, 6) is -0.715. The molecule has 0 saturated carbocycles. The van der Waals surface area contributed by atoms with Crippen LogP contribution < -0.4 is 5.73 Å².